The van der Waals surface area contributed by atoms with Gasteiger partial charge in [0.25, 0.3) is 0 Å². The van der Waals surface area contributed by atoms with Gasteiger partial charge in [-0.3, -0.25) is 0 Å². The molecule has 0 fully saturated rings. The number of oxime groups is 1. The Morgan fingerprint density at radius 1 is 1.20 bits per heavy atom. The molecule has 0 bridgehead atoms. The zero-order chi connectivity index (χ0) is 15.4. The lowest BCUT2D eigenvalue weighted by Gasteiger charge is -2.22. The van der Waals surface area contributed by atoms with E-state index >= 15 is 0 Å². The molecule has 0 aliphatic heterocycles. The molecule has 0 saturated heterocycles. The minimum Gasteiger partial charge on any atom is -0.409 e. The van der Waals surface area contributed by atoms with Crippen molar-refractivity contribution in [2.45, 2.75) is 85.1 Å². The number of hydrogen-bond acceptors (Lipinski definition) is 3. The van der Waals surface area contributed by atoms with Crippen LogP contribution >= 0.6 is 0 Å². The molecular weight excluding hydrogens is 250 g/mol. The average Bonchev–Trinajstić information content (AvgIpc) is 2.42. The minimum absolute atomic E-state index is 0.208. The average molecular weight is 285 g/mol. The molecule has 120 valence electrons. The van der Waals surface area contributed by atoms with Gasteiger partial charge in [-0.25, -0.2) is 0 Å². The summed E-state index contributed by atoms with van der Waals surface area (Å²) in [5.41, 5.74) is 5.47. The molecule has 0 aromatic heterocycles. The lowest BCUT2D eigenvalue weighted by atomic mass is 9.86. The Labute approximate surface area is 125 Å². The summed E-state index contributed by atoms with van der Waals surface area (Å²) in [6, 6.07) is 0.615. The summed E-state index contributed by atoms with van der Waals surface area (Å²) in [7, 11) is 0. The molecular formula is C16H35N3O. The van der Waals surface area contributed by atoms with Gasteiger partial charge in [0.05, 0.1) is 0 Å². The molecule has 0 aromatic carbocycles. The van der Waals surface area contributed by atoms with Crippen LogP contribution in [0.2, 0.25) is 0 Å². The standard InChI is InChI=1S/C16H35N3O/c1-5-6-7-8-11-14(2)18-13-10-9-12-16(3,4)15(17)19-20/h14,18,20H,5-13H2,1-4H3,(H2,17,19). The second kappa shape index (κ2) is 11.0. The molecule has 0 aliphatic rings. The lowest BCUT2D eigenvalue weighted by Crippen LogP contribution is -2.32. The van der Waals surface area contributed by atoms with E-state index in [-0.39, 0.29) is 5.41 Å². The van der Waals surface area contributed by atoms with E-state index in [0.717, 1.165) is 25.8 Å². The lowest BCUT2D eigenvalue weighted by molar-refractivity contribution is 0.304. The van der Waals surface area contributed by atoms with Crippen LogP contribution in [0.3, 0.4) is 0 Å². The van der Waals surface area contributed by atoms with Gasteiger partial charge in [0.2, 0.25) is 0 Å². The number of rotatable bonds is 12. The maximum absolute atomic E-state index is 8.72. The van der Waals surface area contributed by atoms with Crippen LogP contribution in [0.25, 0.3) is 0 Å². The van der Waals surface area contributed by atoms with Gasteiger partial charge < -0.3 is 16.3 Å². The number of unbranched alkanes of at least 4 members (excludes halogenated alkanes) is 4. The molecule has 0 saturated carbocycles. The molecule has 20 heavy (non-hydrogen) atoms. The zero-order valence-electron chi connectivity index (χ0n) is 13.9. The van der Waals surface area contributed by atoms with Crippen LogP contribution < -0.4 is 11.1 Å². The highest BCUT2D eigenvalue weighted by Gasteiger charge is 2.22. The van der Waals surface area contributed by atoms with Crippen molar-refractivity contribution in [2.75, 3.05) is 6.54 Å². The van der Waals surface area contributed by atoms with E-state index in [4.69, 9.17) is 10.9 Å². The smallest absolute Gasteiger partial charge is 0.144 e. The van der Waals surface area contributed by atoms with Gasteiger partial charge in [-0.15, -0.1) is 0 Å². The summed E-state index contributed by atoms with van der Waals surface area (Å²) in [5.74, 6) is 0.328. The number of amidine groups is 1. The van der Waals surface area contributed by atoms with E-state index in [1.165, 1.54) is 32.1 Å². The third-order valence-corrected chi connectivity index (χ3v) is 4.01. The van der Waals surface area contributed by atoms with Crippen LogP contribution in [-0.2, 0) is 0 Å². The summed E-state index contributed by atoms with van der Waals surface area (Å²) in [6.07, 6.45) is 9.81. The van der Waals surface area contributed by atoms with Crippen LogP contribution in [-0.4, -0.2) is 23.6 Å². The van der Waals surface area contributed by atoms with E-state index in [9.17, 15) is 0 Å². The Morgan fingerprint density at radius 2 is 1.90 bits per heavy atom. The van der Waals surface area contributed by atoms with Gasteiger partial charge in [-0.1, -0.05) is 58.0 Å². The molecule has 0 aromatic rings. The van der Waals surface area contributed by atoms with E-state index in [1.807, 2.05) is 13.8 Å². The Hall–Kier alpha value is -0.770. The number of hydrogen-bond donors (Lipinski definition) is 3. The van der Waals surface area contributed by atoms with Crippen LogP contribution in [0.5, 0.6) is 0 Å². The molecule has 4 N–H and O–H groups in total. The fraction of sp³-hybridized carbons (Fsp3) is 0.938. The maximum Gasteiger partial charge on any atom is 0.144 e. The molecule has 4 heteroatoms. The molecule has 0 amide bonds. The first-order valence-electron chi connectivity index (χ1n) is 8.15. The van der Waals surface area contributed by atoms with Crippen LogP contribution in [0.1, 0.15) is 79.1 Å². The van der Waals surface area contributed by atoms with Crippen molar-refractivity contribution in [3.05, 3.63) is 0 Å². The Bertz CT molecular complexity index is 264. The molecule has 0 radical (unpaired) electrons. The van der Waals surface area contributed by atoms with Crippen molar-refractivity contribution in [3.63, 3.8) is 0 Å². The monoisotopic (exact) mass is 285 g/mol. The molecule has 0 spiro atoms. The maximum atomic E-state index is 8.72. The third kappa shape index (κ3) is 9.18. The Balaban J connectivity index is 3.57. The Morgan fingerprint density at radius 3 is 2.50 bits per heavy atom. The normalized spacial score (nSPS) is 14.5. The first-order chi connectivity index (χ1) is 9.44. The topological polar surface area (TPSA) is 70.6 Å². The largest absolute Gasteiger partial charge is 0.409 e. The molecule has 0 heterocycles. The molecule has 0 rings (SSSR count). The summed E-state index contributed by atoms with van der Waals surface area (Å²) >= 11 is 0. The van der Waals surface area contributed by atoms with Gasteiger partial charge in [0.1, 0.15) is 5.84 Å². The summed E-state index contributed by atoms with van der Waals surface area (Å²) < 4.78 is 0. The highest BCUT2D eigenvalue weighted by Crippen LogP contribution is 2.23. The van der Waals surface area contributed by atoms with Crippen LogP contribution in [0.15, 0.2) is 5.16 Å². The molecule has 4 nitrogen and oxygen atoms in total. The second-order valence-electron chi connectivity index (χ2n) is 6.53. The van der Waals surface area contributed by atoms with Crippen molar-refractivity contribution < 1.29 is 5.21 Å². The summed E-state index contributed by atoms with van der Waals surface area (Å²) in [4.78, 5) is 0. The number of nitrogens with one attached hydrogen (secondary N) is 1. The minimum atomic E-state index is -0.208. The van der Waals surface area contributed by atoms with Gasteiger partial charge in [-0.2, -0.15) is 0 Å². The first kappa shape index (κ1) is 19.2. The van der Waals surface area contributed by atoms with Gasteiger partial charge in [0.15, 0.2) is 0 Å². The van der Waals surface area contributed by atoms with E-state index in [2.05, 4.69) is 24.3 Å². The van der Waals surface area contributed by atoms with Gasteiger partial charge >= 0.3 is 0 Å². The van der Waals surface area contributed by atoms with E-state index in [1.54, 1.807) is 0 Å². The van der Waals surface area contributed by atoms with Crippen LogP contribution in [0.4, 0.5) is 0 Å². The third-order valence-electron chi connectivity index (χ3n) is 4.01. The summed E-state index contributed by atoms with van der Waals surface area (Å²) in [5, 5.41) is 15.4. The number of nitrogens with two attached hydrogens (primary N) is 1. The van der Waals surface area contributed by atoms with Gasteiger partial charge in [-0.05, 0) is 32.7 Å². The predicted octanol–water partition coefficient (Wildman–Crippen LogP) is 3.88. The quantitative estimate of drug-likeness (QED) is 0.167. The fourth-order valence-electron chi connectivity index (χ4n) is 2.28. The van der Waals surface area contributed by atoms with Crippen molar-refractivity contribution >= 4 is 5.84 Å². The summed E-state index contributed by atoms with van der Waals surface area (Å²) in [6.45, 7) is 9.61. The fourth-order valence-corrected chi connectivity index (χ4v) is 2.28. The van der Waals surface area contributed by atoms with Crippen molar-refractivity contribution in [3.8, 4) is 0 Å². The highest BCUT2D eigenvalue weighted by molar-refractivity contribution is 5.85. The molecule has 0 aliphatic carbocycles. The first-order valence-corrected chi connectivity index (χ1v) is 8.15. The van der Waals surface area contributed by atoms with Crippen LogP contribution in [0, 0.1) is 5.41 Å². The number of nitrogens with zero attached hydrogens (tertiary/aromatic N) is 1. The van der Waals surface area contributed by atoms with Crippen molar-refractivity contribution in [1.29, 1.82) is 0 Å². The SMILES string of the molecule is CCCCCCC(C)NCCCCC(C)(C)C(N)=NO. The Kier molecular flexibility index (Phi) is 10.5. The van der Waals surface area contributed by atoms with Crippen molar-refractivity contribution in [1.82, 2.24) is 5.32 Å². The van der Waals surface area contributed by atoms with E-state index in [0.29, 0.717) is 11.9 Å². The van der Waals surface area contributed by atoms with Crippen molar-refractivity contribution in [2.24, 2.45) is 16.3 Å². The molecule has 1 unspecified atom stereocenters. The highest BCUT2D eigenvalue weighted by atomic mass is 16.4. The molecule has 1 atom stereocenters. The zero-order valence-corrected chi connectivity index (χ0v) is 13.9. The second-order valence-corrected chi connectivity index (χ2v) is 6.53. The predicted molar refractivity (Wildman–Crippen MR) is 87.3 cm³/mol. The van der Waals surface area contributed by atoms with E-state index < -0.39 is 0 Å². The van der Waals surface area contributed by atoms with Gasteiger partial charge in [0, 0.05) is 11.5 Å².